The number of rotatable bonds is 3. The van der Waals surface area contributed by atoms with Gasteiger partial charge in [0, 0.05) is 15.4 Å². The predicted octanol–water partition coefficient (Wildman–Crippen LogP) is 6.04. The Labute approximate surface area is 130 Å². The quantitative estimate of drug-likeness (QED) is 0.531. The number of alkyl halides is 1. The Bertz CT molecular complexity index is 572. The summed E-state index contributed by atoms with van der Waals surface area (Å²) in [7, 11) is 0. The van der Waals surface area contributed by atoms with Gasteiger partial charge < -0.3 is 4.74 Å². The summed E-state index contributed by atoms with van der Waals surface area (Å²) in [5, 5.41) is 0.536. The van der Waals surface area contributed by atoms with Crippen molar-refractivity contribution in [1.82, 2.24) is 0 Å². The maximum Gasteiger partial charge on any atom is 0.167 e. The highest BCUT2D eigenvalue weighted by Crippen LogP contribution is 2.35. The fraction of sp³-hybridized carbons (Fsp3) is 0.0769. The highest BCUT2D eigenvalue weighted by molar-refractivity contribution is 9.11. The second-order valence-corrected chi connectivity index (χ2v) is 5.87. The van der Waals surface area contributed by atoms with Gasteiger partial charge in [0.2, 0.25) is 0 Å². The van der Waals surface area contributed by atoms with Gasteiger partial charge in [0.15, 0.2) is 11.6 Å². The second-order valence-electron chi connectivity index (χ2n) is 3.54. The second kappa shape index (κ2) is 6.17. The van der Waals surface area contributed by atoms with E-state index in [9.17, 15) is 4.39 Å². The van der Waals surface area contributed by atoms with Gasteiger partial charge in [-0.2, -0.15) is 0 Å². The molecule has 2 aromatic rings. The minimum atomic E-state index is -0.373. The molecule has 0 aliphatic carbocycles. The molecule has 0 radical (unpaired) electrons. The van der Waals surface area contributed by atoms with Gasteiger partial charge in [-0.3, -0.25) is 0 Å². The SMILES string of the molecule is Fc1cccc(CBr)c1Oc1ccc(Br)cc1Br. The Balaban J connectivity index is 2.39. The third-order valence-corrected chi connectivity index (χ3v) is 4.02. The van der Waals surface area contributed by atoms with Gasteiger partial charge in [-0.05, 0) is 40.2 Å². The molecular formula is C13H8Br3FO. The molecule has 0 aliphatic rings. The highest BCUT2D eigenvalue weighted by Gasteiger charge is 2.12. The van der Waals surface area contributed by atoms with Crippen LogP contribution >= 0.6 is 47.8 Å². The summed E-state index contributed by atoms with van der Waals surface area (Å²) >= 11 is 10.1. The maximum atomic E-state index is 13.8. The molecule has 2 rings (SSSR count). The topological polar surface area (TPSA) is 9.23 Å². The molecule has 0 saturated heterocycles. The van der Waals surface area contributed by atoms with Crippen LogP contribution in [0.3, 0.4) is 0 Å². The van der Waals surface area contributed by atoms with Gasteiger partial charge >= 0.3 is 0 Å². The van der Waals surface area contributed by atoms with Crippen LogP contribution < -0.4 is 4.74 Å². The van der Waals surface area contributed by atoms with Crippen molar-refractivity contribution in [3.8, 4) is 11.5 Å². The fourth-order valence-electron chi connectivity index (χ4n) is 1.44. The van der Waals surface area contributed by atoms with E-state index < -0.39 is 0 Å². The minimum Gasteiger partial charge on any atom is -0.453 e. The highest BCUT2D eigenvalue weighted by atomic mass is 79.9. The van der Waals surface area contributed by atoms with Crippen LogP contribution in [0.4, 0.5) is 4.39 Å². The van der Waals surface area contributed by atoms with Crippen molar-refractivity contribution in [2.75, 3.05) is 0 Å². The van der Waals surface area contributed by atoms with E-state index in [1.165, 1.54) is 6.07 Å². The Morgan fingerprint density at radius 2 is 1.89 bits per heavy atom. The third kappa shape index (κ3) is 3.13. The van der Waals surface area contributed by atoms with Crippen molar-refractivity contribution in [2.24, 2.45) is 0 Å². The van der Waals surface area contributed by atoms with Crippen LogP contribution in [-0.2, 0) is 5.33 Å². The molecule has 0 amide bonds. The van der Waals surface area contributed by atoms with E-state index in [1.807, 2.05) is 18.2 Å². The summed E-state index contributed by atoms with van der Waals surface area (Å²) in [5.74, 6) is 0.449. The van der Waals surface area contributed by atoms with E-state index in [2.05, 4.69) is 47.8 Å². The lowest BCUT2D eigenvalue weighted by Gasteiger charge is -2.12. The standard InChI is InChI=1S/C13H8Br3FO/c14-7-8-2-1-3-11(17)13(8)18-12-5-4-9(15)6-10(12)16/h1-6H,7H2. The van der Waals surface area contributed by atoms with Gasteiger partial charge in [-0.1, -0.05) is 44.0 Å². The average molecular weight is 439 g/mol. The van der Waals surface area contributed by atoms with E-state index in [1.54, 1.807) is 12.1 Å². The zero-order valence-corrected chi connectivity index (χ0v) is 13.8. The summed E-state index contributed by atoms with van der Waals surface area (Å²) in [5.41, 5.74) is 0.768. The van der Waals surface area contributed by atoms with Crippen molar-refractivity contribution in [1.29, 1.82) is 0 Å². The number of halogens is 4. The fourth-order valence-corrected chi connectivity index (χ4v) is 3.01. The lowest BCUT2D eigenvalue weighted by molar-refractivity contribution is 0.436. The lowest BCUT2D eigenvalue weighted by Crippen LogP contribution is -1.93. The average Bonchev–Trinajstić information content (AvgIpc) is 2.34. The van der Waals surface area contributed by atoms with Crippen molar-refractivity contribution >= 4 is 47.8 Å². The van der Waals surface area contributed by atoms with Crippen LogP contribution in [0.5, 0.6) is 11.5 Å². The van der Waals surface area contributed by atoms with Crippen molar-refractivity contribution in [3.05, 3.63) is 56.7 Å². The smallest absolute Gasteiger partial charge is 0.167 e. The van der Waals surface area contributed by atoms with E-state index in [4.69, 9.17) is 4.74 Å². The summed E-state index contributed by atoms with van der Waals surface area (Å²) in [4.78, 5) is 0. The Morgan fingerprint density at radius 3 is 2.56 bits per heavy atom. The Kier molecular flexibility index (Phi) is 4.81. The largest absolute Gasteiger partial charge is 0.453 e. The number of ether oxygens (including phenoxy) is 1. The van der Waals surface area contributed by atoms with Crippen molar-refractivity contribution in [3.63, 3.8) is 0 Å². The number of hydrogen-bond donors (Lipinski definition) is 0. The summed E-state index contributed by atoms with van der Waals surface area (Å²) < 4.78 is 21.1. The molecule has 0 heterocycles. The zero-order valence-electron chi connectivity index (χ0n) is 9.09. The first-order chi connectivity index (χ1) is 8.61. The van der Waals surface area contributed by atoms with Gasteiger partial charge in [-0.15, -0.1) is 0 Å². The molecule has 0 N–H and O–H groups in total. The molecule has 2 aromatic carbocycles. The molecule has 0 unspecified atom stereocenters. The maximum absolute atomic E-state index is 13.8. The van der Waals surface area contributed by atoms with E-state index in [0.717, 1.165) is 14.5 Å². The predicted molar refractivity (Wildman–Crippen MR) is 80.9 cm³/mol. The number of para-hydroxylation sites is 1. The van der Waals surface area contributed by atoms with E-state index >= 15 is 0 Å². The number of benzene rings is 2. The molecule has 0 spiro atoms. The molecular weight excluding hydrogens is 431 g/mol. The molecule has 0 atom stereocenters. The summed E-state index contributed by atoms with van der Waals surface area (Å²) in [6.45, 7) is 0. The first kappa shape index (κ1) is 14.0. The monoisotopic (exact) mass is 436 g/mol. The van der Waals surface area contributed by atoms with Gasteiger partial charge in [0.05, 0.1) is 4.47 Å². The van der Waals surface area contributed by atoms with Crippen molar-refractivity contribution < 1.29 is 9.13 Å². The first-order valence-corrected chi connectivity index (χ1v) is 7.79. The first-order valence-electron chi connectivity index (χ1n) is 5.08. The van der Waals surface area contributed by atoms with Crippen LogP contribution in [0.25, 0.3) is 0 Å². The summed E-state index contributed by atoms with van der Waals surface area (Å²) in [6.07, 6.45) is 0. The molecule has 5 heteroatoms. The molecule has 1 nitrogen and oxygen atoms in total. The molecule has 0 saturated carbocycles. The molecule has 0 aliphatic heterocycles. The van der Waals surface area contributed by atoms with Crippen LogP contribution in [0.15, 0.2) is 45.3 Å². The summed E-state index contributed by atoms with van der Waals surface area (Å²) in [6, 6.07) is 10.3. The van der Waals surface area contributed by atoms with Gasteiger partial charge in [0.25, 0.3) is 0 Å². The van der Waals surface area contributed by atoms with E-state index in [0.29, 0.717) is 11.1 Å². The van der Waals surface area contributed by atoms with E-state index in [-0.39, 0.29) is 11.6 Å². The third-order valence-electron chi connectivity index (χ3n) is 2.30. The van der Waals surface area contributed by atoms with Crippen LogP contribution in [0.2, 0.25) is 0 Å². The minimum absolute atomic E-state index is 0.248. The molecule has 0 bridgehead atoms. The van der Waals surface area contributed by atoms with Gasteiger partial charge in [-0.25, -0.2) is 4.39 Å². The Hall–Kier alpha value is -0.390. The zero-order chi connectivity index (χ0) is 13.1. The molecule has 0 fully saturated rings. The lowest BCUT2D eigenvalue weighted by atomic mass is 10.2. The van der Waals surface area contributed by atoms with Crippen LogP contribution in [0, 0.1) is 5.82 Å². The molecule has 18 heavy (non-hydrogen) atoms. The molecule has 0 aromatic heterocycles. The normalized spacial score (nSPS) is 10.4. The Morgan fingerprint density at radius 1 is 1.11 bits per heavy atom. The van der Waals surface area contributed by atoms with Crippen LogP contribution in [0.1, 0.15) is 5.56 Å². The van der Waals surface area contributed by atoms with Gasteiger partial charge in [0.1, 0.15) is 5.75 Å². The van der Waals surface area contributed by atoms with Crippen molar-refractivity contribution in [2.45, 2.75) is 5.33 Å². The van der Waals surface area contributed by atoms with Crippen LogP contribution in [-0.4, -0.2) is 0 Å². The number of hydrogen-bond acceptors (Lipinski definition) is 1. The molecule has 94 valence electrons.